The average Bonchev–Trinajstić information content (AvgIpc) is 2.76. The standard InChI is InChI=1S/C11H21N5/c1-9-6-10(7-15(9)2)12-5-4-11-14-13-8-16(11)3/h8-10,12H,4-7H2,1-3H3. The molecule has 1 aromatic rings. The third-order valence-electron chi connectivity index (χ3n) is 3.47. The van der Waals surface area contributed by atoms with E-state index in [-0.39, 0.29) is 0 Å². The Hall–Kier alpha value is -0.940. The summed E-state index contributed by atoms with van der Waals surface area (Å²) in [5.41, 5.74) is 0. The first-order chi connectivity index (χ1) is 7.66. The zero-order valence-corrected chi connectivity index (χ0v) is 10.3. The van der Waals surface area contributed by atoms with Gasteiger partial charge in [-0.3, -0.25) is 0 Å². The lowest BCUT2D eigenvalue weighted by molar-refractivity contribution is 0.327. The third-order valence-corrected chi connectivity index (χ3v) is 3.47. The molecule has 16 heavy (non-hydrogen) atoms. The molecule has 90 valence electrons. The Balaban J connectivity index is 1.71. The highest BCUT2D eigenvalue weighted by Crippen LogP contribution is 2.14. The van der Waals surface area contributed by atoms with E-state index in [9.17, 15) is 0 Å². The molecular weight excluding hydrogens is 202 g/mol. The van der Waals surface area contributed by atoms with E-state index in [4.69, 9.17) is 0 Å². The van der Waals surface area contributed by atoms with Gasteiger partial charge in [-0.1, -0.05) is 0 Å². The van der Waals surface area contributed by atoms with E-state index in [1.165, 1.54) is 6.42 Å². The molecule has 1 fully saturated rings. The van der Waals surface area contributed by atoms with Crippen molar-refractivity contribution in [1.29, 1.82) is 0 Å². The molecule has 2 unspecified atom stereocenters. The highest BCUT2D eigenvalue weighted by molar-refractivity contribution is 4.88. The predicted molar refractivity (Wildman–Crippen MR) is 63.2 cm³/mol. The van der Waals surface area contributed by atoms with Gasteiger partial charge >= 0.3 is 0 Å². The monoisotopic (exact) mass is 223 g/mol. The zero-order chi connectivity index (χ0) is 11.5. The van der Waals surface area contributed by atoms with Crippen LogP contribution in [-0.2, 0) is 13.5 Å². The fraction of sp³-hybridized carbons (Fsp3) is 0.818. The van der Waals surface area contributed by atoms with Gasteiger partial charge in [-0.25, -0.2) is 0 Å². The maximum absolute atomic E-state index is 4.07. The molecule has 0 spiro atoms. The quantitative estimate of drug-likeness (QED) is 0.783. The molecule has 2 atom stereocenters. The first-order valence-corrected chi connectivity index (χ1v) is 5.93. The van der Waals surface area contributed by atoms with Crippen molar-refractivity contribution in [2.45, 2.75) is 31.8 Å². The number of hydrogen-bond donors (Lipinski definition) is 1. The highest BCUT2D eigenvalue weighted by atomic mass is 15.2. The van der Waals surface area contributed by atoms with E-state index in [0.717, 1.165) is 25.3 Å². The van der Waals surface area contributed by atoms with Crippen LogP contribution < -0.4 is 5.32 Å². The zero-order valence-electron chi connectivity index (χ0n) is 10.3. The van der Waals surface area contributed by atoms with E-state index in [2.05, 4.69) is 34.4 Å². The number of nitrogens with zero attached hydrogens (tertiary/aromatic N) is 4. The number of nitrogens with one attached hydrogen (secondary N) is 1. The minimum atomic E-state index is 0.633. The fourth-order valence-electron chi connectivity index (χ4n) is 2.26. The molecule has 0 aliphatic carbocycles. The second-order valence-corrected chi connectivity index (χ2v) is 4.78. The van der Waals surface area contributed by atoms with Crippen LogP contribution in [0.1, 0.15) is 19.2 Å². The summed E-state index contributed by atoms with van der Waals surface area (Å²) in [6.07, 6.45) is 3.95. The van der Waals surface area contributed by atoms with Crippen molar-refractivity contribution in [2.75, 3.05) is 20.1 Å². The Bertz CT molecular complexity index is 325. The molecule has 0 radical (unpaired) electrons. The molecule has 0 aromatic carbocycles. The van der Waals surface area contributed by atoms with Crippen molar-refractivity contribution in [1.82, 2.24) is 25.0 Å². The molecule has 1 aliphatic rings. The van der Waals surface area contributed by atoms with Gasteiger partial charge in [0.15, 0.2) is 0 Å². The summed E-state index contributed by atoms with van der Waals surface area (Å²) in [5, 5.41) is 11.5. The van der Waals surface area contributed by atoms with Gasteiger partial charge in [-0.15, -0.1) is 10.2 Å². The molecular formula is C11H21N5. The molecule has 1 aromatic heterocycles. The van der Waals surface area contributed by atoms with Gasteiger partial charge in [-0.05, 0) is 20.4 Å². The van der Waals surface area contributed by atoms with Gasteiger partial charge in [0, 0.05) is 38.6 Å². The van der Waals surface area contributed by atoms with Crippen LogP contribution in [0.5, 0.6) is 0 Å². The van der Waals surface area contributed by atoms with Crippen LogP contribution in [0.2, 0.25) is 0 Å². The minimum Gasteiger partial charge on any atom is -0.321 e. The Labute approximate surface area is 96.8 Å². The van der Waals surface area contributed by atoms with Gasteiger partial charge in [0.05, 0.1) is 0 Å². The van der Waals surface area contributed by atoms with Crippen LogP contribution in [0.25, 0.3) is 0 Å². The number of aryl methyl sites for hydroxylation is 1. The summed E-state index contributed by atoms with van der Waals surface area (Å²) in [6, 6.07) is 1.33. The lowest BCUT2D eigenvalue weighted by atomic mass is 10.2. The molecule has 1 saturated heterocycles. The summed E-state index contributed by atoms with van der Waals surface area (Å²) in [7, 11) is 4.18. The second-order valence-electron chi connectivity index (χ2n) is 4.78. The maximum Gasteiger partial charge on any atom is 0.133 e. The van der Waals surface area contributed by atoms with Crippen LogP contribution in [-0.4, -0.2) is 51.9 Å². The van der Waals surface area contributed by atoms with E-state index in [1.807, 2.05) is 11.6 Å². The van der Waals surface area contributed by atoms with Gasteiger partial charge in [0.1, 0.15) is 12.2 Å². The third kappa shape index (κ3) is 2.59. The summed E-state index contributed by atoms with van der Waals surface area (Å²) in [4.78, 5) is 2.40. The largest absolute Gasteiger partial charge is 0.321 e. The van der Waals surface area contributed by atoms with Crippen LogP contribution in [0.3, 0.4) is 0 Å². The molecule has 1 N–H and O–H groups in total. The molecule has 5 heteroatoms. The van der Waals surface area contributed by atoms with Crippen LogP contribution in [0, 0.1) is 0 Å². The molecule has 0 saturated carbocycles. The van der Waals surface area contributed by atoms with E-state index in [1.54, 1.807) is 6.33 Å². The molecule has 2 rings (SSSR count). The number of hydrogen-bond acceptors (Lipinski definition) is 4. The number of likely N-dealkylation sites (tertiary alicyclic amines) is 1. The van der Waals surface area contributed by atoms with Crippen molar-refractivity contribution in [3.63, 3.8) is 0 Å². The molecule has 2 heterocycles. The van der Waals surface area contributed by atoms with Crippen molar-refractivity contribution in [3.05, 3.63) is 12.2 Å². The first-order valence-electron chi connectivity index (χ1n) is 5.93. The normalized spacial score (nSPS) is 26.4. The van der Waals surface area contributed by atoms with Gasteiger partial charge in [0.25, 0.3) is 0 Å². The first kappa shape index (κ1) is 11.5. The topological polar surface area (TPSA) is 46.0 Å². The van der Waals surface area contributed by atoms with Gasteiger partial charge in [-0.2, -0.15) is 0 Å². The Morgan fingerprint density at radius 1 is 1.50 bits per heavy atom. The predicted octanol–water partition coefficient (Wildman–Crippen LogP) is 0.0398. The van der Waals surface area contributed by atoms with Crippen LogP contribution in [0.15, 0.2) is 6.33 Å². The molecule has 0 bridgehead atoms. The SMILES string of the molecule is CC1CC(NCCc2nncn2C)CN1C. The number of aromatic nitrogens is 3. The lowest BCUT2D eigenvalue weighted by Gasteiger charge is -2.13. The molecule has 5 nitrogen and oxygen atoms in total. The summed E-state index contributed by atoms with van der Waals surface area (Å²) in [5.74, 6) is 1.05. The maximum atomic E-state index is 4.07. The van der Waals surface area contributed by atoms with Gasteiger partial charge < -0.3 is 14.8 Å². The Morgan fingerprint density at radius 3 is 2.88 bits per heavy atom. The second kappa shape index (κ2) is 4.93. The smallest absolute Gasteiger partial charge is 0.133 e. The Morgan fingerprint density at radius 2 is 2.31 bits per heavy atom. The van der Waals surface area contributed by atoms with E-state index >= 15 is 0 Å². The van der Waals surface area contributed by atoms with Gasteiger partial charge in [0.2, 0.25) is 0 Å². The van der Waals surface area contributed by atoms with Crippen LogP contribution >= 0.6 is 0 Å². The van der Waals surface area contributed by atoms with E-state index < -0.39 is 0 Å². The summed E-state index contributed by atoms with van der Waals surface area (Å²) in [6.45, 7) is 4.42. The Kier molecular flexibility index (Phi) is 3.56. The summed E-state index contributed by atoms with van der Waals surface area (Å²) >= 11 is 0. The lowest BCUT2D eigenvalue weighted by Crippen LogP contribution is -2.33. The van der Waals surface area contributed by atoms with E-state index in [0.29, 0.717) is 12.1 Å². The summed E-state index contributed by atoms with van der Waals surface area (Å²) < 4.78 is 1.98. The molecule has 0 amide bonds. The minimum absolute atomic E-state index is 0.633. The molecule has 1 aliphatic heterocycles. The average molecular weight is 223 g/mol. The fourth-order valence-corrected chi connectivity index (χ4v) is 2.26. The number of likely N-dealkylation sites (N-methyl/N-ethyl adjacent to an activating group) is 1. The van der Waals surface area contributed by atoms with Crippen LogP contribution in [0.4, 0.5) is 0 Å². The number of rotatable bonds is 4. The van der Waals surface area contributed by atoms with Crippen molar-refractivity contribution >= 4 is 0 Å². The van der Waals surface area contributed by atoms with Crippen molar-refractivity contribution in [2.24, 2.45) is 7.05 Å². The van der Waals surface area contributed by atoms with Crippen molar-refractivity contribution in [3.8, 4) is 0 Å². The highest BCUT2D eigenvalue weighted by Gasteiger charge is 2.25. The van der Waals surface area contributed by atoms with Crippen molar-refractivity contribution < 1.29 is 0 Å².